The normalized spacial score (nSPS) is 17.0. The Morgan fingerprint density at radius 2 is 1.95 bits per heavy atom. The summed E-state index contributed by atoms with van der Waals surface area (Å²) in [5.74, 6) is 0.0868. The van der Waals surface area contributed by atoms with Crippen molar-refractivity contribution in [3.8, 4) is 5.69 Å². The highest BCUT2D eigenvalue weighted by Crippen LogP contribution is 2.38. The number of halogens is 1. The average Bonchev–Trinajstić information content (AvgIpc) is 3.52. The van der Waals surface area contributed by atoms with E-state index in [1.165, 1.54) is 11.6 Å². The van der Waals surface area contributed by atoms with Crippen molar-refractivity contribution in [1.29, 1.82) is 0 Å². The van der Waals surface area contributed by atoms with E-state index in [4.69, 9.17) is 5.10 Å². The molecule has 1 unspecified atom stereocenters. The van der Waals surface area contributed by atoms with Gasteiger partial charge in [-0.3, -0.25) is 9.59 Å². The zero-order valence-electron chi connectivity index (χ0n) is 21.3. The predicted molar refractivity (Wildman–Crippen MR) is 147 cm³/mol. The summed E-state index contributed by atoms with van der Waals surface area (Å²) < 4.78 is 2.77. The number of H-pyrrole nitrogens is 1. The van der Waals surface area contributed by atoms with Crippen molar-refractivity contribution in [2.75, 3.05) is 19.6 Å². The third-order valence-electron chi connectivity index (χ3n) is 7.57. The Balaban J connectivity index is 1.44. The summed E-state index contributed by atoms with van der Waals surface area (Å²) in [5, 5.41) is 5.03. The maximum absolute atomic E-state index is 14.0. The Labute approximate surface area is 228 Å². The highest BCUT2D eigenvalue weighted by molar-refractivity contribution is 9.10. The van der Waals surface area contributed by atoms with Crippen LogP contribution in [0.15, 0.2) is 53.9 Å². The Hall–Kier alpha value is -3.79. The molecule has 10 heteroatoms. The molecule has 0 bridgehead atoms. The smallest absolute Gasteiger partial charge is 0.275 e. The van der Waals surface area contributed by atoms with Crippen LogP contribution in [0.5, 0.6) is 0 Å². The molecule has 0 radical (unpaired) electrons. The van der Waals surface area contributed by atoms with Crippen LogP contribution in [0.2, 0.25) is 0 Å². The molecule has 0 saturated carbocycles. The molecule has 3 aromatic heterocycles. The van der Waals surface area contributed by atoms with Gasteiger partial charge in [0, 0.05) is 44.2 Å². The van der Waals surface area contributed by atoms with Crippen molar-refractivity contribution in [2.24, 2.45) is 0 Å². The molecule has 5 heterocycles. The largest absolute Gasteiger partial charge is 0.344 e. The summed E-state index contributed by atoms with van der Waals surface area (Å²) in [6.45, 7) is 9.40. The zero-order valence-corrected chi connectivity index (χ0v) is 22.9. The number of fused-ring (bicyclic) bond motifs is 1. The highest BCUT2D eigenvalue weighted by Gasteiger charge is 2.40. The van der Waals surface area contributed by atoms with Crippen LogP contribution < -0.4 is 0 Å². The monoisotopic (exact) mass is 573 g/mol. The van der Waals surface area contributed by atoms with Gasteiger partial charge in [-0.05, 0) is 45.6 Å². The molecule has 1 N–H and O–H groups in total. The van der Waals surface area contributed by atoms with Gasteiger partial charge in [-0.25, -0.2) is 14.6 Å². The van der Waals surface area contributed by atoms with Crippen molar-refractivity contribution < 1.29 is 9.59 Å². The van der Waals surface area contributed by atoms with Gasteiger partial charge in [0.05, 0.1) is 39.4 Å². The highest BCUT2D eigenvalue weighted by atomic mass is 79.9. The van der Waals surface area contributed by atoms with Crippen molar-refractivity contribution in [2.45, 2.75) is 38.6 Å². The number of aromatic nitrogens is 5. The molecule has 0 spiro atoms. The SMILES string of the molecule is C=CC(=O)N1CCc2nn(-c3ccc(C(C)C)cc3)c3c2C(C1)N(C(=O)c1ncc(Br)c2[nH]cnc12)CC3. The van der Waals surface area contributed by atoms with Crippen LogP contribution in [0.1, 0.15) is 58.8 Å². The first-order valence-corrected chi connectivity index (χ1v) is 13.6. The van der Waals surface area contributed by atoms with E-state index in [9.17, 15) is 9.59 Å². The van der Waals surface area contributed by atoms with Crippen molar-refractivity contribution >= 4 is 38.8 Å². The molecule has 194 valence electrons. The van der Waals surface area contributed by atoms with Crippen molar-refractivity contribution in [3.63, 3.8) is 0 Å². The lowest BCUT2D eigenvalue weighted by molar-refractivity contribution is -0.126. The van der Waals surface area contributed by atoms with Gasteiger partial charge in [-0.2, -0.15) is 5.10 Å². The fourth-order valence-corrected chi connectivity index (χ4v) is 5.98. The second-order valence-electron chi connectivity index (χ2n) is 10.0. The summed E-state index contributed by atoms with van der Waals surface area (Å²) >= 11 is 3.48. The maximum atomic E-state index is 14.0. The van der Waals surface area contributed by atoms with E-state index in [0.29, 0.717) is 43.9 Å². The Kier molecular flexibility index (Phi) is 6.14. The van der Waals surface area contributed by atoms with Crippen LogP contribution in [0.4, 0.5) is 0 Å². The van der Waals surface area contributed by atoms with E-state index < -0.39 is 0 Å². The van der Waals surface area contributed by atoms with Crippen molar-refractivity contribution in [3.05, 3.63) is 82.1 Å². The van der Waals surface area contributed by atoms with Crippen LogP contribution in [0, 0.1) is 0 Å². The van der Waals surface area contributed by atoms with Gasteiger partial charge in [0.15, 0.2) is 5.69 Å². The van der Waals surface area contributed by atoms with Gasteiger partial charge in [-0.15, -0.1) is 0 Å². The standard InChI is InChI=1S/C28H28BrN7O2/c1-4-23(37)34-11-9-20-24-21(36(33-20)18-7-5-17(6-8-18)16(2)3)10-12-35(22(24)14-34)28(38)27-26-25(31-15-32-26)19(29)13-30-27/h4-8,13,15-16,22H,1,9-12,14H2,2-3H3,(H,31,32). The minimum absolute atomic E-state index is 0.150. The molecular formula is C28H28BrN7O2. The van der Waals surface area contributed by atoms with Gasteiger partial charge < -0.3 is 14.8 Å². The number of carbonyl (C=O) groups is 2. The molecule has 0 saturated heterocycles. The van der Waals surface area contributed by atoms with E-state index in [1.807, 2.05) is 9.58 Å². The van der Waals surface area contributed by atoms with Gasteiger partial charge in [0.25, 0.3) is 5.91 Å². The quantitative estimate of drug-likeness (QED) is 0.366. The second kappa shape index (κ2) is 9.50. The van der Waals surface area contributed by atoms with E-state index in [2.05, 4.69) is 75.6 Å². The molecule has 2 amide bonds. The van der Waals surface area contributed by atoms with Crippen LogP contribution in [0.3, 0.4) is 0 Å². The van der Waals surface area contributed by atoms with Crippen molar-refractivity contribution in [1.82, 2.24) is 34.5 Å². The number of benzene rings is 1. The van der Waals surface area contributed by atoms with Crippen LogP contribution >= 0.6 is 15.9 Å². The van der Waals surface area contributed by atoms with Gasteiger partial charge in [0.2, 0.25) is 5.91 Å². The third-order valence-corrected chi connectivity index (χ3v) is 8.17. The molecule has 38 heavy (non-hydrogen) atoms. The molecule has 6 rings (SSSR count). The van der Waals surface area contributed by atoms with Crippen LogP contribution in [0.25, 0.3) is 16.7 Å². The van der Waals surface area contributed by atoms with Crippen LogP contribution in [-0.4, -0.2) is 66.0 Å². The number of nitrogens with one attached hydrogen (secondary N) is 1. The molecule has 0 aliphatic carbocycles. The Bertz CT molecular complexity index is 1570. The molecule has 1 atom stereocenters. The molecule has 9 nitrogen and oxygen atoms in total. The Morgan fingerprint density at radius 1 is 1.16 bits per heavy atom. The minimum atomic E-state index is -0.351. The van der Waals surface area contributed by atoms with E-state index in [0.717, 1.165) is 32.6 Å². The minimum Gasteiger partial charge on any atom is -0.344 e. The lowest BCUT2D eigenvalue weighted by Gasteiger charge is -2.37. The number of pyridine rings is 1. The number of rotatable bonds is 4. The summed E-state index contributed by atoms with van der Waals surface area (Å²) in [6.07, 6.45) is 5.77. The fourth-order valence-electron chi connectivity index (χ4n) is 5.58. The first-order chi connectivity index (χ1) is 18.4. The lowest BCUT2D eigenvalue weighted by atomic mass is 9.95. The number of hydrogen-bond donors (Lipinski definition) is 1. The fraction of sp³-hybridized carbons (Fsp3) is 0.321. The van der Waals surface area contributed by atoms with E-state index >= 15 is 0 Å². The second-order valence-corrected chi connectivity index (χ2v) is 10.9. The zero-order chi connectivity index (χ0) is 26.6. The van der Waals surface area contributed by atoms with E-state index in [-0.39, 0.29) is 23.6 Å². The maximum Gasteiger partial charge on any atom is 0.275 e. The Morgan fingerprint density at radius 3 is 2.68 bits per heavy atom. The average molecular weight is 574 g/mol. The first-order valence-electron chi connectivity index (χ1n) is 12.8. The summed E-state index contributed by atoms with van der Waals surface area (Å²) in [6, 6.07) is 8.16. The number of amides is 2. The number of carbonyl (C=O) groups excluding carboxylic acids is 2. The number of aromatic amines is 1. The molecule has 1 aromatic carbocycles. The van der Waals surface area contributed by atoms with Gasteiger partial charge in [0.1, 0.15) is 5.52 Å². The van der Waals surface area contributed by atoms with E-state index in [1.54, 1.807) is 17.4 Å². The summed E-state index contributed by atoms with van der Waals surface area (Å²) in [4.78, 5) is 42.2. The van der Waals surface area contributed by atoms with Crippen LogP contribution in [-0.2, 0) is 17.6 Å². The third kappa shape index (κ3) is 3.94. The van der Waals surface area contributed by atoms with Gasteiger partial charge in [-0.1, -0.05) is 32.6 Å². The molecule has 2 aliphatic rings. The van der Waals surface area contributed by atoms with Gasteiger partial charge >= 0.3 is 0 Å². The summed E-state index contributed by atoms with van der Waals surface area (Å²) in [5.41, 5.74) is 6.85. The number of nitrogens with zero attached hydrogens (tertiary/aromatic N) is 6. The molecule has 2 aliphatic heterocycles. The predicted octanol–water partition coefficient (Wildman–Crippen LogP) is 4.34. The molecule has 4 aromatic rings. The summed E-state index contributed by atoms with van der Waals surface area (Å²) in [7, 11) is 0. The lowest BCUT2D eigenvalue weighted by Crippen LogP contribution is -2.46. The first kappa shape index (κ1) is 24.5. The topological polar surface area (TPSA) is 100 Å². The molecular weight excluding hydrogens is 546 g/mol. The number of imidazole rings is 1. The molecule has 0 fully saturated rings. The number of hydrogen-bond acceptors (Lipinski definition) is 5.